The lowest BCUT2D eigenvalue weighted by Gasteiger charge is -2.41. The predicted octanol–water partition coefficient (Wildman–Crippen LogP) is 6.13. The van der Waals surface area contributed by atoms with Gasteiger partial charge in [0.25, 0.3) is 5.91 Å². The Morgan fingerprint density at radius 1 is 0.822 bits per heavy atom. The summed E-state index contributed by atoms with van der Waals surface area (Å²) >= 11 is 12.8. The normalized spacial score (nSPS) is 19.4. The number of ether oxygens (including phenoxy) is 3. The van der Waals surface area contributed by atoms with Gasteiger partial charge in [0, 0.05) is 24.1 Å². The molecule has 2 saturated heterocycles. The highest BCUT2D eigenvalue weighted by atomic mass is 35.5. The van der Waals surface area contributed by atoms with E-state index >= 15 is 0 Å². The third kappa shape index (κ3) is 6.85. The number of benzene rings is 3. The molecule has 0 aromatic heterocycles. The summed E-state index contributed by atoms with van der Waals surface area (Å²) in [6.07, 6.45) is 2.90. The van der Waals surface area contributed by atoms with E-state index in [4.69, 9.17) is 43.1 Å². The second-order valence-corrected chi connectivity index (χ2v) is 12.5. The molecule has 8 nitrogen and oxygen atoms in total. The first kappa shape index (κ1) is 34.7. The molecule has 11 heteroatoms. The molecule has 0 bridgehead atoms. The highest BCUT2D eigenvalue weighted by molar-refractivity contribution is 6.42. The van der Waals surface area contributed by atoms with Crippen molar-refractivity contribution >= 4 is 47.4 Å². The van der Waals surface area contributed by atoms with Crippen molar-refractivity contribution in [3.63, 3.8) is 0 Å². The van der Waals surface area contributed by atoms with Gasteiger partial charge in [-0.05, 0) is 80.7 Å². The molecule has 0 spiro atoms. The quantitative estimate of drug-likeness (QED) is 0.278. The van der Waals surface area contributed by atoms with E-state index in [9.17, 15) is 9.59 Å². The van der Waals surface area contributed by atoms with Crippen LogP contribution < -0.4 is 19.9 Å². The fourth-order valence-corrected chi connectivity index (χ4v) is 7.11. The van der Waals surface area contributed by atoms with Gasteiger partial charge in [-0.25, -0.2) is 0 Å². The van der Waals surface area contributed by atoms with Gasteiger partial charge in [-0.15, -0.1) is 12.4 Å². The van der Waals surface area contributed by atoms with Gasteiger partial charge in [0.15, 0.2) is 11.5 Å². The summed E-state index contributed by atoms with van der Waals surface area (Å²) in [6, 6.07) is 19.0. The molecule has 2 aliphatic heterocycles. The molecule has 0 radical (unpaired) electrons. The molecule has 0 saturated carbocycles. The number of likely N-dealkylation sites (tertiary alicyclic amines) is 2. The molecule has 242 valence electrons. The van der Waals surface area contributed by atoms with Gasteiger partial charge in [0.1, 0.15) is 0 Å². The maximum Gasteiger partial charge on any atom is 0.254 e. The summed E-state index contributed by atoms with van der Waals surface area (Å²) in [6.45, 7) is 3.40. The second-order valence-electron chi connectivity index (χ2n) is 11.7. The summed E-state index contributed by atoms with van der Waals surface area (Å²) < 4.78 is 16.4. The molecule has 5 rings (SSSR count). The minimum atomic E-state index is -0.657. The van der Waals surface area contributed by atoms with Crippen LogP contribution in [0.4, 0.5) is 0 Å². The van der Waals surface area contributed by atoms with Crippen molar-refractivity contribution < 1.29 is 23.8 Å². The Balaban J connectivity index is 0.00000461. The summed E-state index contributed by atoms with van der Waals surface area (Å²) in [5.41, 5.74) is 7.49. The number of carbonyl (C=O) groups excluding carboxylic acids is 2. The summed E-state index contributed by atoms with van der Waals surface area (Å²) in [7, 11) is 4.60. The Bertz CT molecular complexity index is 1490. The highest BCUT2D eigenvalue weighted by Gasteiger charge is 2.44. The first-order chi connectivity index (χ1) is 21.2. The van der Waals surface area contributed by atoms with Crippen LogP contribution in [0.25, 0.3) is 0 Å². The van der Waals surface area contributed by atoms with Crippen LogP contribution in [0.3, 0.4) is 0 Å². The molecule has 0 unspecified atom stereocenters. The molecule has 2 fully saturated rings. The first-order valence-electron chi connectivity index (χ1n) is 14.8. The van der Waals surface area contributed by atoms with E-state index in [-0.39, 0.29) is 29.6 Å². The average molecular weight is 677 g/mol. The largest absolute Gasteiger partial charge is 0.493 e. The fraction of sp³-hybridized carbons (Fsp3) is 0.412. The Morgan fingerprint density at radius 3 is 2.02 bits per heavy atom. The zero-order valence-electron chi connectivity index (χ0n) is 25.8. The van der Waals surface area contributed by atoms with Crippen molar-refractivity contribution in [2.75, 3.05) is 54.1 Å². The lowest BCUT2D eigenvalue weighted by atomic mass is 9.71. The number of rotatable bonds is 10. The van der Waals surface area contributed by atoms with Crippen LogP contribution in [0.15, 0.2) is 60.7 Å². The standard InChI is InChI=1S/C34H39Cl2N3O5.ClH/c1-42-28-19-23(20-29(43-2)30(28)44-3)31(40)39-18-12-33(22-39,25-9-10-26(35)27(36)21-25)11-15-38-16-13-34(14-17-38,32(37)41)24-7-5-4-6-8-24;/h4-10,19-21H,11-18,22H2,1-3H3,(H2,37,41);1H/t33-;/m1./s1. The lowest BCUT2D eigenvalue weighted by molar-refractivity contribution is -0.125. The van der Waals surface area contributed by atoms with E-state index in [1.165, 1.54) is 21.3 Å². The van der Waals surface area contributed by atoms with Crippen LogP contribution in [-0.2, 0) is 15.6 Å². The molecular weight excluding hydrogens is 637 g/mol. The van der Waals surface area contributed by atoms with Crippen LogP contribution in [0.1, 0.15) is 47.2 Å². The van der Waals surface area contributed by atoms with Gasteiger partial charge < -0.3 is 29.7 Å². The zero-order chi connectivity index (χ0) is 31.5. The number of primary amides is 1. The number of nitrogens with zero attached hydrogens (tertiary/aromatic N) is 2. The lowest BCUT2D eigenvalue weighted by Crippen LogP contribution is -2.50. The van der Waals surface area contributed by atoms with E-state index < -0.39 is 5.41 Å². The third-order valence-corrected chi connectivity index (χ3v) is 10.2. The number of piperidine rings is 1. The number of amides is 2. The smallest absolute Gasteiger partial charge is 0.254 e. The van der Waals surface area contributed by atoms with Crippen LogP contribution >= 0.6 is 35.6 Å². The topological polar surface area (TPSA) is 94.3 Å². The molecule has 2 aliphatic rings. The van der Waals surface area contributed by atoms with E-state index in [2.05, 4.69) is 4.90 Å². The van der Waals surface area contributed by atoms with Gasteiger partial charge >= 0.3 is 0 Å². The number of hydrogen-bond donors (Lipinski definition) is 1. The maximum absolute atomic E-state index is 13.9. The van der Waals surface area contributed by atoms with Gasteiger partial charge in [-0.2, -0.15) is 0 Å². The molecule has 45 heavy (non-hydrogen) atoms. The summed E-state index contributed by atoms with van der Waals surface area (Å²) in [4.78, 5) is 30.8. The third-order valence-electron chi connectivity index (χ3n) is 9.50. The Morgan fingerprint density at radius 2 is 1.47 bits per heavy atom. The van der Waals surface area contributed by atoms with Crippen LogP contribution in [0.5, 0.6) is 17.2 Å². The Hall–Kier alpha value is -3.17. The molecule has 2 heterocycles. The fourth-order valence-electron chi connectivity index (χ4n) is 6.81. The zero-order valence-corrected chi connectivity index (χ0v) is 28.1. The Labute approximate surface area is 281 Å². The monoisotopic (exact) mass is 675 g/mol. The first-order valence-corrected chi connectivity index (χ1v) is 15.5. The highest BCUT2D eigenvalue weighted by Crippen LogP contribution is 2.43. The number of hydrogen-bond acceptors (Lipinski definition) is 6. The number of methoxy groups -OCH3 is 3. The minimum absolute atomic E-state index is 0. The summed E-state index contributed by atoms with van der Waals surface area (Å²) in [5, 5.41) is 0.985. The van der Waals surface area contributed by atoms with E-state index in [1.54, 1.807) is 12.1 Å². The van der Waals surface area contributed by atoms with Gasteiger partial charge in [-0.3, -0.25) is 9.59 Å². The number of nitrogens with two attached hydrogens (primary N) is 1. The number of carbonyl (C=O) groups is 2. The minimum Gasteiger partial charge on any atom is -0.493 e. The molecule has 3 aromatic carbocycles. The van der Waals surface area contributed by atoms with Crippen molar-refractivity contribution in [3.8, 4) is 17.2 Å². The predicted molar refractivity (Wildman–Crippen MR) is 180 cm³/mol. The van der Waals surface area contributed by atoms with Crippen molar-refractivity contribution in [1.82, 2.24) is 9.80 Å². The van der Waals surface area contributed by atoms with Crippen LogP contribution in [0.2, 0.25) is 10.0 Å². The van der Waals surface area contributed by atoms with E-state index in [0.717, 1.165) is 43.6 Å². The van der Waals surface area contributed by atoms with Crippen LogP contribution in [0, 0.1) is 0 Å². The average Bonchev–Trinajstić information content (AvgIpc) is 3.50. The van der Waals surface area contributed by atoms with Gasteiger partial charge in [0.05, 0.1) is 36.8 Å². The molecule has 1 atom stereocenters. The SMILES string of the molecule is COc1cc(C(=O)N2CC[C@@](CCN3CCC(C(N)=O)(c4ccccc4)CC3)(c3ccc(Cl)c(Cl)c3)C2)cc(OC)c1OC.Cl. The molecule has 3 aromatic rings. The Kier molecular flexibility index (Phi) is 11.2. The molecule has 2 amide bonds. The molecular formula is C34H40Cl3N3O5. The molecule has 0 aliphatic carbocycles. The maximum atomic E-state index is 13.9. The summed E-state index contributed by atoms with van der Waals surface area (Å²) in [5.74, 6) is 0.911. The molecule has 2 N–H and O–H groups in total. The van der Waals surface area contributed by atoms with E-state index in [0.29, 0.717) is 58.8 Å². The van der Waals surface area contributed by atoms with Crippen molar-refractivity contribution in [1.29, 1.82) is 0 Å². The van der Waals surface area contributed by atoms with E-state index in [1.807, 2.05) is 53.4 Å². The van der Waals surface area contributed by atoms with Crippen molar-refractivity contribution in [2.24, 2.45) is 5.73 Å². The van der Waals surface area contributed by atoms with Crippen molar-refractivity contribution in [2.45, 2.75) is 36.5 Å². The number of halogens is 3. The second kappa shape index (κ2) is 14.5. The van der Waals surface area contributed by atoms with Gasteiger partial charge in [-0.1, -0.05) is 59.6 Å². The van der Waals surface area contributed by atoms with Crippen molar-refractivity contribution in [3.05, 3.63) is 87.4 Å². The van der Waals surface area contributed by atoms with Crippen LogP contribution in [-0.4, -0.2) is 75.7 Å². The van der Waals surface area contributed by atoms with Gasteiger partial charge in [0.2, 0.25) is 11.7 Å².